The Balaban J connectivity index is 1.82. The van der Waals surface area contributed by atoms with Gasteiger partial charge in [0.25, 0.3) is 11.5 Å². The van der Waals surface area contributed by atoms with Gasteiger partial charge in [-0.3, -0.25) is 9.59 Å². The largest absolute Gasteiger partial charge is 0.321 e. The van der Waals surface area contributed by atoms with Crippen LogP contribution in [0, 0.1) is 11.6 Å². The first-order valence-corrected chi connectivity index (χ1v) is 8.43. The van der Waals surface area contributed by atoms with Gasteiger partial charge in [0.05, 0.1) is 12.2 Å². The lowest BCUT2D eigenvalue weighted by Crippen LogP contribution is -2.23. The van der Waals surface area contributed by atoms with E-state index in [1.54, 1.807) is 18.2 Å². The Bertz CT molecular complexity index is 1020. The highest BCUT2D eigenvalue weighted by Gasteiger charge is 2.12. The van der Waals surface area contributed by atoms with Crippen molar-refractivity contribution in [3.8, 4) is 0 Å². The second kappa shape index (κ2) is 7.61. The first-order chi connectivity index (χ1) is 12.4. The van der Waals surface area contributed by atoms with Gasteiger partial charge < -0.3 is 9.88 Å². The number of rotatable bonds is 4. The van der Waals surface area contributed by atoms with Crippen LogP contribution in [-0.2, 0) is 6.54 Å². The molecule has 2 aromatic carbocycles. The summed E-state index contributed by atoms with van der Waals surface area (Å²) in [5, 5.41) is 2.61. The molecule has 1 heterocycles. The minimum atomic E-state index is -0.465. The van der Waals surface area contributed by atoms with Gasteiger partial charge in [-0.25, -0.2) is 8.78 Å². The van der Waals surface area contributed by atoms with Crippen molar-refractivity contribution in [3.05, 3.63) is 98.4 Å². The standard InChI is InChI=1S/C19H13BrF2N2O2/c20-17-16(23-18(25)13-4-6-14(21)7-5-13)8-9-24(19(17)26)11-12-2-1-3-15(22)10-12/h1-10H,11H2,(H,23,25). The number of hydrogen-bond donors (Lipinski definition) is 1. The number of aromatic nitrogens is 1. The van der Waals surface area contributed by atoms with Crippen LogP contribution in [0.1, 0.15) is 15.9 Å². The molecule has 0 unspecified atom stereocenters. The number of nitrogens with one attached hydrogen (secondary N) is 1. The molecule has 0 aliphatic heterocycles. The molecule has 0 radical (unpaired) electrons. The van der Waals surface area contributed by atoms with E-state index in [2.05, 4.69) is 21.2 Å². The highest BCUT2D eigenvalue weighted by atomic mass is 79.9. The molecule has 0 saturated carbocycles. The van der Waals surface area contributed by atoms with Crippen molar-refractivity contribution in [1.29, 1.82) is 0 Å². The highest BCUT2D eigenvalue weighted by molar-refractivity contribution is 9.10. The van der Waals surface area contributed by atoms with Crippen molar-refractivity contribution in [3.63, 3.8) is 0 Å². The number of anilines is 1. The molecule has 0 spiro atoms. The van der Waals surface area contributed by atoms with E-state index in [9.17, 15) is 18.4 Å². The number of benzene rings is 2. The van der Waals surface area contributed by atoms with Crippen molar-refractivity contribution in [2.24, 2.45) is 0 Å². The van der Waals surface area contributed by atoms with Crippen LogP contribution < -0.4 is 10.9 Å². The predicted molar refractivity (Wildman–Crippen MR) is 98.3 cm³/mol. The lowest BCUT2D eigenvalue weighted by atomic mass is 10.2. The van der Waals surface area contributed by atoms with Crippen molar-refractivity contribution in [2.45, 2.75) is 6.54 Å². The lowest BCUT2D eigenvalue weighted by Gasteiger charge is -2.11. The molecule has 0 aliphatic rings. The quantitative estimate of drug-likeness (QED) is 0.690. The maximum atomic E-state index is 13.3. The van der Waals surface area contributed by atoms with Crippen LogP contribution in [0.25, 0.3) is 0 Å². The van der Waals surface area contributed by atoms with Crippen LogP contribution in [0.4, 0.5) is 14.5 Å². The van der Waals surface area contributed by atoms with Crippen LogP contribution in [0.3, 0.4) is 0 Å². The molecule has 0 aliphatic carbocycles. The van der Waals surface area contributed by atoms with Crippen molar-refractivity contribution in [1.82, 2.24) is 4.57 Å². The van der Waals surface area contributed by atoms with Gasteiger partial charge in [-0.15, -0.1) is 0 Å². The summed E-state index contributed by atoms with van der Waals surface area (Å²) in [5.74, 6) is -1.28. The number of amides is 1. The van der Waals surface area contributed by atoms with Crippen LogP contribution in [0.5, 0.6) is 0 Å². The fourth-order valence-electron chi connectivity index (χ4n) is 2.40. The Morgan fingerprint density at radius 3 is 2.46 bits per heavy atom. The van der Waals surface area contributed by atoms with Crippen molar-refractivity contribution >= 4 is 27.5 Å². The van der Waals surface area contributed by atoms with E-state index in [1.807, 2.05) is 0 Å². The summed E-state index contributed by atoms with van der Waals surface area (Å²) in [4.78, 5) is 24.7. The summed E-state index contributed by atoms with van der Waals surface area (Å²) in [5.41, 5.74) is 0.829. The minimum Gasteiger partial charge on any atom is -0.321 e. The SMILES string of the molecule is O=C(Nc1ccn(Cc2cccc(F)c2)c(=O)c1Br)c1ccc(F)cc1. The zero-order valence-corrected chi connectivity index (χ0v) is 15.0. The second-order valence-corrected chi connectivity index (χ2v) is 6.36. The Morgan fingerprint density at radius 2 is 1.77 bits per heavy atom. The van der Waals surface area contributed by atoms with E-state index in [-0.39, 0.29) is 28.0 Å². The number of carbonyl (C=O) groups is 1. The Kier molecular flexibility index (Phi) is 5.27. The van der Waals surface area contributed by atoms with Crippen molar-refractivity contribution in [2.75, 3.05) is 5.32 Å². The predicted octanol–water partition coefficient (Wildman–Crippen LogP) is 4.19. The third kappa shape index (κ3) is 4.05. The van der Waals surface area contributed by atoms with E-state index < -0.39 is 11.7 Å². The van der Waals surface area contributed by atoms with E-state index >= 15 is 0 Å². The maximum absolute atomic E-state index is 13.3. The third-order valence-corrected chi connectivity index (χ3v) is 4.47. The fourth-order valence-corrected chi connectivity index (χ4v) is 2.85. The molecule has 1 N–H and O–H groups in total. The molecule has 4 nitrogen and oxygen atoms in total. The number of nitrogens with zero attached hydrogens (tertiary/aromatic N) is 1. The van der Waals surface area contributed by atoms with Gasteiger partial charge in [0.15, 0.2) is 0 Å². The second-order valence-electron chi connectivity index (χ2n) is 5.57. The molecule has 0 atom stereocenters. The third-order valence-electron chi connectivity index (χ3n) is 3.70. The fraction of sp³-hybridized carbons (Fsp3) is 0.0526. The summed E-state index contributed by atoms with van der Waals surface area (Å²) in [6.07, 6.45) is 1.51. The molecule has 132 valence electrons. The zero-order valence-electron chi connectivity index (χ0n) is 13.4. The molecular weight excluding hydrogens is 406 g/mol. The molecule has 3 rings (SSSR count). The van der Waals surface area contributed by atoms with Gasteiger partial charge in [-0.1, -0.05) is 12.1 Å². The first-order valence-electron chi connectivity index (χ1n) is 7.64. The van der Waals surface area contributed by atoms with Gasteiger partial charge >= 0.3 is 0 Å². The van der Waals surface area contributed by atoms with Gasteiger partial charge in [-0.2, -0.15) is 0 Å². The average molecular weight is 419 g/mol. The normalized spacial score (nSPS) is 10.6. The Hall–Kier alpha value is -2.80. The number of carbonyl (C=O) groups excluding carboxylic acids is 1. The van der Waals surface area contributed by atoms with Gasteiger partial charge in [0.2, 0.25) is 0 Å². The molecule has 0 fully saturated rings. The van der Waals surface area contributed by atoms with Gasteiger partial charge in [0, 0.05) is 11.8 Å². The molecule has 1 aromatic heterocycles. The molecule has 26 heavy (non-hydrogen) atoms. The topological polar surface area (TPSA) is 51.1 Å². The van der Waals surface area contributed by atoms with Crippen molar-refractivity contribution < 1.29 is 13.6 Å². The molecule has 0 saturated heterocycles. The Morgan fingerprint density at radius 1 is 1.04 bits per heavy atom. The maximum Gasteiger partial charge on any atom is 0.267 e. The summed E-state index contributed by atoms with van der Waals surface area (Å²) < 4.78 is 27.8. The number of halogens is 3. The monoisotopic (exact) mass is 418 g/mol. The van der Waals surface area contributed by atoms with Gasteiger partial charge in [-0.05, 0) is 64.0 Å². The van der Waals surface area contributed by atoms with E-state index in [4.69, 9.17) is 0 Å². The zero-order chi connectivity index (χ0) is 18.7. The molecule has 1 amide bonds. The van der Waals surface area contributed by atoms with Crippen LogP contribution in [0.15, 0.2) is 70.1 Å². The molecule has 3 aromatic rings. The van der Waals surface area contributed by atoms with Crippen LogP contribution >= 0.6 is 15.9 Å². The van der Waals surface area contributed by atoms with Crippen LogP contribution in [-0.4, -0.2) is 10.5 Å². The summed E-state index contributed by atoms with van der Waals surface area (Å²) in [6, 6.07) is 12.6. The summed E-state index contributed by atoms with van der Waals surface area (Å²) >= 11 is 3.19. The number of hydrogen-bond acceptors (Lipinski definition) is 2. The average Bonchev–Trinajstić information content (AvgIpc) is 2.62. The smallest absolute Gasteiger partial charge is 0.267 e. The lowest BCUT2D eigenvalue weighted by molar-refractivity contribution is 0.102. The first kappa shape index (κ1) is 18.0. The highest BCUT2D eigenvalue weighted by Crippen LogP contribution is 2.19. The molecule has 7 heteroatoms. The molecule has 0 bridgehead atoms. The summed E-state index contributed by atoms with van der Waals surface area (Å²) in [7, 11) is 0. The molecular formula is C19H13BrF2N2O2. The van der Waals surface area contributed by atoms with E-state index in [0.29, 0.717) is 11.3 Å². The van der Waals surface area contributed by atoms with Crippen LogP contribution in [0.2, 0.25) is 0 Å². The summed E-state index contributed by atoms with van der Waals surface area (Å²) in [6.45, 7) is 0.196. The number of pyridine rings is 1. The van der Waals surface area contributed by atoms with E-state index in [0.717, 1.165) is 0 Å². The van der Waals surface area contributed by atoms with E-state index in [1.165, 1.54) is 47.2 Å². The minimum absolute atomic E-state index is 0.173. The Labute approximate surface area is 156 Å². The van der Waals surface area contributed by atoms with Gasteiger partial charge in [0.1, 0.15) is 16.1 Å².